The van der Waals surface area contributed by atoms with Crippen LogP contribution in [0.1, 0.15) is 0 Å². The smallest absolute Gasteiger partial charge is 0.207 e. The van der Waals surface area contributed by atoms with E-state index in [-0.39, 0.29) is 5.43 Å². The number of anilines is 1. The lowest BCUT2D eigenvalue weighted by atomic mass is 10.2. The van der Waals surface area contributed by atoms with Crippen LogP contribution in [0.3, 0.4) is 0 Å². The van der Waals surface area contributed by atoms with Crippen molar-refractivity contribution in [3.63, 3.8) is 0 Å². The van der Waals surface area contributed by atoms with Crippen molar-refractivity contribution in [1.82, 2.24) is 9.78 Å². The zero-order valence-corrected chi connectivity index (χ0v) is 12.9. The van der Waals surface area contributed by atoms with Gasteiger partial charge in [-0.25, -0.2) is 0 Å². The summed E-state index contributed by atoms with van der Waals surface area (Å²) in [7, 11) is 0. The molecule has 5 heteroatoms. The van der Waals surface area contributed by atoms with Crippen molar-refractivity contribution in [3.05, 3.63) is 69.4 Å². The molecule has 0 unspecified atom stereocenters. The summed E-state index contributed by atoms with van der Waals surface area (Å²) in [6.07, 6.45) is 1.38. The number of hydrogen-bond acceptors (Lipinski definition) is 3. The van der Waals surface area contributed by atoms with Gasteiger partial charge < -0.3 is 5.32 Å². The van der Waals surface area contributed by atoms with Crippen LogP contribution in [0.15, 0.2) is 64.0 Å². The molecule has 0 bridgehead atoms. The Balaban J connectivity index is 1.77. The summed E-state index contributed by atoms with van der Waals surface area (Å²) in [4.78, 5) is 11.8. The molecular formula is C16H14BrN3O. The molecule has 0 saturated carbocycles. The Morgan fingerprint density at radius 1 is 1.14 bits per heavy atom. The molecule has 1 N–H and O–H groups in total. The zero-order valence-electron chi connectivity index (χ0n) is 11.3. The van der Waals surface area contributed by atoms with Gasteiger partial charge in [0.15, 0.2) is 0 Å². The first kappa shape index (κ1) is 13.8. The van der Waals surface area contributed by atoms with Gasteiger partial charge in [-0.3, -0.25) is 9.48 Å². The van der Waals surface area contributed by atoms with Crippen molar-refractivity contribution in [2.75, 3.05) is 11.9 Å². The molecule has 0 aliphatic rings. The normalized spacial score (nSPS) is 10.7. The summed E-state index contributed by atoms with van der Waals surface area (Å²) in [6.45, 7) is 1.42. The van der Waals surface area contributed by atoms with E-state index in [2.05, 4.69) is 26.3 Å². The van der Waals surface area contributed by atoms with E-state index >= 15 is 0 Å². The Kier molecular flexibility index (Phi) is 4.01. The third kappa shape index (κ3) is 3.13. The summed E-state index contributed by atoms with van der Waals surface area (Å²) in [5.41, 5.74) is 1.87. The second-order valence-electron chi connectivity index (χ2n) is 4.69. The number of hydrogen-bond donors (Lipinski definition) is 1. The van der Waals surface area contributed by atoms with E-state index in [4.69, 9.17) is 0 Å². The first-order valence-electron chi connectivity index (χ1n) is 6.68. The van der Waals surface area contributed by atoms with Gasteiger partial charge in [-0.1, -0.05) is 34.1 Å². The minimum Gasteiger partial charge on any atom is -0.383 e. The second kappa shape index (κ2) is 6.10. The highest BCUT2D eigenvalue weighted by atomic mass is 79.9. The van der Waals surface area contributed by atoms with Crippen molar-refractivity contribution in [1.29, 1.82) is 0 Å². The van der Waals surface area contributed by atoms with Gasteiger partial charge in [-0.05, 0) is 30.3 Å². The molecule has 2 aromatic carbocycles. The molecule has 0 spiro atoms. The van der Waals surface area contributed by atoms with Crippen LogP contribution in [0, 0.1) is 0 Å². The number of nitrogens with one attached hydrogen (secondary N) is 1. The lowest BCUT2D eigenvalue weighted by Crippen LogP contribution is -2.17. The lowest BCUT2D eigenvalue weighted by Gasteiger charge is -2.11. The quantitative estimate of drug-likeness (QED) is 0.790. The van der Waals surface area contributed by atoms with Gasteiger partial charge in [0.2, 0.25) is 5.43 Å². The van der Waals surface area contributed by atoms with E-state index in [0.717, 1.165) is 22.2 Å². The molecule has 106 valence electrons. The van der Waals surface area contributed by atoms with Crippen LogP contribution in [-0.2, 0) is 6.54 Å². The van der Waals surface area contributed by atoms with Crippen molar-refractivity contribution in [3.8, 4) is 0 Å². The summed E-state index contributed by atoms with van der Waals surface area (Å²) in [5.74, 6) is 0. The maximum Gasteiger partial charge on any atom is 0.207 e. The first-order valence-corrected chi connectivity index (χ1v) is 7.48. The number of benzene rings is 2. The van der Waals surface area contributed by atoms with Gasteiger partial charge in [-0.15, -0.1) is 0 Å². The average Bonchev–Trinajstić information content (AvgIpc) is 2.50. The largest absolute Gasteiger partial charge is 0.383 e. The number of nitrogens with zero attached hydrogens (tertiary/aromatic N) is 2. The standard InChI is InChI=1S/C16H14BrN3O/c17-12-4-3-5-13(10-12)18-8-9-20-15-7-2-1-6-14(15)16(21)11-19-20/h1-7,10-11,18H,8-9H2. The molecule has 0 fully saturated rings. The third-order valence-corrected chi connectivity index (χ3v) is 3.73. The van der Waals surface area contributed by atoms with Gasteiger partial charge in [-0.2, -0.15) is 5.10 Å². The molecular weight excluding hydrogens is 330 g/mol. The van der Waals surface area contributed by atoms with Crippen LogP contribution >= 0.6 is 15.9 Å². The Morgan fingerprint density at radius 2 is 2.00 bits per heavy atom. The zero-order chi connectivity index (χ0) is 14.7. The number of aromatic nitrogens is 2. The van der Waals surface area contributed by atoms with Crippen molar-refractivity contribution in [2.24, 2.45) is 0 Å². The highest BCUT2D eigenvalue weighted by Crippen LogP contribution is 2.15. The average molecular weight is 344 g/mol. The van der Waals surface area contributed by atoms with Crippen molar-refractivity contribution >= 4 is 32.5 Å². The fourth-order valence-corrected chi connectivity index (χ4v) is 2.64. The predicted octanol–water partition coefficient (Wildman–Crippen LogP) is 3.27. The van der Waals surface area contributed by atoms with Crippen LogP contribution < -0.4 is 10.7 Å². The number of halogens is 1. The Hall–Kier alpha value is -2.14. The van der Waals surface area contributed by atoms with E-state index in [9.17, 15) is 4.79 Å². The van der Waals surface area contributed by atoms with Gasteiger partial charge in [0.05, 0.1) is 18.3 Å². The van der Waals surface area contributed by atoms with Gasteiger partial charge in [0.1, 0.15) is 0 Å². The minimum atomic E-state index is -0.0400. The summed E-state index contributed by atoms with van der Waals surface area (Å²) >= 11 is 3.45. The predicted molar refractivity (Wildman–Crippen MR) is 88.6 cm³/mol. The Bertz CT molecular complexity index is 829. The molecule has 21 heavy (non-hydrogen) atoms. The monoisotopic (exact) mass is 343 g/mol. The van der Waals surface area contributed by atoms with Gasteiger partial charge in [0.25, 0.3) is 0 Å². The molecule has 0 atom stereocenters. The first-order chi connectivity index (χ1) is 10.2. The van der Waals surface area contributed by atoms with E-state index in [1.165, 1.54) is 6.20 Å². The second-order valence-corrected chi connectivity index (χ2v) is 5.60. The molecule has 0 saturated heterocycles. The van der Waals surface area contributed by atoms with Gasteiger partial charge >= 0.3 is 0 Å². The van der Waals surface area contributed by atoms with Crippen LogP contribution in [-0.4, -0.2) is 16.3 Å². The molecule has 4 nitrogen and oxygen atoms in total. The molecule has 0 aliphatic carbocycles. The lowest BCUT2D eigenvalue weighted by molar-refractivity contribution is 0.646. The van der Waals surface area contributed by atoms with Crippen molar-refractivity contribution < 1.29 is 0 Å². The molecule has 0 amide bonds. The molecule has 0 radical (unpaired) electrons. The fourth-order valence-electron chi connectivity index (χ4n) is 2.24. The van der Waals surface area contributed by atoms with Crippen molar-refractivity contribution in [2.45, 2.75) is 6.54 Å². The van der Waals surface area contributed by atoms with E-state index in [0.29, 0.717) is 11.9 Å². The van der Waals surface area contributed by atoms with Crippen LogP contribution in [0.5, 0.6) is 0 Å². The van der Waals surface area contributed by atoms with E-state index in [1.54, 1.807) is 0 Å². The Labute approximate surface area is 130 Å². The summed E-state index contributed by atoms with van der Waals surface area (Å²) in [6, 6.07) is 15.6. The molecule has 3 aromatic rings. The van der Waals surface area contributed by atoms with Crippen LogP contribution in [0.2, 0.25) is 0 Å². The topological polar surface area (TPSA) is 46.9 Å². The van der Waals surface area contributed by atoms with Gasteiger partial charge in [0, 0.05) is 22.1 Å². The number of rotatable bonds is 4. The fraction of sp³-hybridized carbons (Fsp3) is 0.125. The summed E-state index contributed by atoms with van der Waals surface area (Å²) in [5, 5.41) is 8.26. The Morgan fingerprint density at radius 3 is 2.86 bits per heavy atom. The molecule has 0 aliphatic heterocycles. The molecule has 3 rings (SSSR count). The maximum absolute atomic E-state index is 11.8. The number of fused-ring (bicyclic) bond motifs is 1. The SMILES string of the molecule is O=c1cnn(CCNc2cccc(Br)c2)c2ccccc12. The van der Waals surface area contributed by atoms with E-state index in [1.807, 2.05) is 53.2 Å². The van der Waals surface area contributed by atoms with Crippen LogP contribution in [0.4, 0.5) is 5.69 Å². The third-order valence-electron chi connectivity index (χ3n) is 3.24. The highest BCUT2D eigenvalue weighted by molar-refractivity contribution is 9.10. The summed E-state index contributed by atoms with van der Waals surface area (Å²) < 4.78 is 2.89. The molecule has 1 aromatic heterocycles. The van der Waals surface area contributed by atoms with Crippen LogP contribution in [0.25, 0.3) is 10.9 Å². The number of para-hydroxylation sites is 1. The maximum atomic E-state index is 11.8. The van der Waals surface area contributed by atoms with E-state index < -0.39 is 0 Å². The molecule has 1 heterocycles. The highest BCUT2D eigenvalue weighted by Gasteiger charge is 2.02. The minimum absolute atomic E-state index is 0.0400.